The van der Waals surface area contributed by atoms with E-state index in [2.05, 4.69) is 19.2 Å². The lowest BCUT2D eigenvalue weighted by molar-refractivity contribution is 0.0318. The van der Waals surface area contributed by atoms with Crippen LogP contribution in [0.15, 0.2) is 18.2 Å². The summed E-state index contributed by atoms with van der Waals surface area (Å²) in [6, 6.07) is 4.86. The Hall–Kier alpha value is -1.13. The first kappa shape index (κ1) is 14.9. The summed E-state index contributed by atoms with van der Waals surface area (Å²) in [6.07, 6.45) is -0.591. The van der Waals surface area contributed by atoms with Crippen molar-refractivity contribution in [1.29, 1.82) is 0 Å². The maximum atomic E-state index is 13.3. The van der Waals surface area contributed by atoms with E-state index in [-0.39, 0.29) is 5.82 Å². The molecule has 1 atom stereocenters. The standard InChI is InChI=1S/C14H22FNO2/c1-10(2)8-18-9-12(17)7-16-14-6-4-5-13(15)11(14)3/h4-6,10,12,16-17H,7-9H2,1-3H3. The molecule has 0 spiro atoms. The summed E-state index contributed by atoms with van der Waals surface area (Å²) in [4.78, 5) is 0. The van der Waals surface area contributed by atoms with E-state index >= 15 is 0 Å². The van der Waals surface area contributed by atoms with Crippen LogP contribution in [-0.2, 0) is 4.74 Å². The fourth-order valence-corrected chi connectivity index (χ4v) is 1.53. The smallest absolute Gasteiger partial charge is 0.128 e. The fraction of sp³-hybridized carbons (Fsp3) is 0.571. The van der Waals surface area contributed by atoms with E-state index in [0.29, 0.717) is 36.9 Å². The predicted molar refractivity (Wildman–Crippen MR) is 71.3 cm³/mol. The minimum atomic E-state index is -0.591. The third-order valence-electron chi connectivity index (χ3n) is 2.56. The van der Waals surface area contributed by atoms with Crippen molar-refractivity contribution in [3.05, 3.63) is 29.6 Å². The Kier molecular flexibility index (Phi) is 6.09. The average Bonchev–Trinajstić information content (AvgIpc) is 2.30. The zero-order valence-electron chi connectivity index (χ0n) is 11.2. The number of hydrogen-bond donors (Lipinski definition) is 2. The van der Waals surface area contributed by atoms with Crippen LogP contribution in [0.3, 0.4) is 0 Å². The second-order valence-electron chi connectivity index (χ2n) is 4.88. The molecule has 0 saturated carbocycles. The molecule has 0 aliphatic rings. The highest BCUT2D eigenvalue weighted by Gasteiger charge is 2.07. The molecule has 0 bridgehead atoms. The maximum Gasteiger partial charge on any atom is 0.128 e. The third-order valence-corrected chi connectivity index (χ3v) is 2.56. The van der Waals surface area contributed by atoms with Crippen LogP contribution < -0.4 is 5.32 Å². The molecule has 102 valence electrons. The molecule has 1 aromatic carbocycles. The van der Waals surface area contributed by atoms with E-state index in [9.17, 15) is 9.50 Å². The Labute approximate surface area is 108 Å². The minimum Gasteiger partial charge on any atom is -0.389 e. The monoisotopic (exact) mass is 255 g/mol. The van der Waals surface area contributed by atoms with Crippen molar-refractivity contribution in [3.8, 4) is 0 Å². The molecular weight excluding hydrogens is 233 g/mol. The van der Waals surface area contributed by atoms with E-state index in [1.54, 1.807) is 19.1 Å². The Morgan fingerprint density at radius 1 is 1.33 bits per heavy atom. The van der Waals surface area contributed by atoms with Crippen LogP contribution in [0.1, 0.15) is 19.4 Å². The second kappa shape index (κ2) is 7.34. The molecule has 0 amide bonds. The minimum absolute atomic E-state index is 0.245. The molecule has 0 fully saturated rings. The van der Waals surface area contributed by atoms with Crippen LogP contribution in [0, 0.1) is 18.7 Å². The van der Waals surface area contributed by atoms with Gasteiger partial charge in [-0.1, -0.05) is 19.9 Å². The lowest BCUT2D eigenvalue weighted by Crippen LogP contribution is -2.26. The predicted octanol–water partition coefficient (Wildman–Crippen LogP) is 2.58. The van der Waals surface area contributed by atoms with Gasteiger partial charge in [-0.15, -0.1) is 0 Å². The van der Waals surface area contributed by atoms with E-state index in [4.69, 9.17) is 4.74 Å². The summed E-state index contributed by atoms with van der Waals surface area (Å²) >= 11 is 0. The van der Waals surface area contributed by atoms with Gasteiger partial charge in [0.1, 0.15) is 5.82 Å². The van der Waals surface area contributed by atoms with E-state index in [1.165, 1.54) is 6.07 Å². The largest absolute Gasteiger partial charge is 0.389 e. The summed E-state index contributed by atoms with van der Waals surface area (Å²) in [5.41, 5.74) is 1.27. The number of aliphatic hydroxyl groups excluding tert-OH is 1. The number of nitrogens with one attached hydrogen (secondary N) is 1. The molecule has 18 heavy (non-hydrogen) atoms. The van der Waals surface area contributed by atoms with Crippen LogP contribution >= 0.6 is 0 Å². The molecule has 0 radical (unpaired) electrons. The zero-order chi connectivity index (χ0) is 13.5. The van der Waals surface area contributed by atoms with Gasteiger partial charge < -0.3 is 15.2 Å². The van der Waals surface area contributed by atoms with Gasteiger partial charge in [-0.2, -0.15) is 0 Å². The highest BCUT2D eigenvalue weighted by molar-refractivity contribution is 5.50. The number of hydrogen-bond acceptors (Lipinski definition) is 3. The van der Waals surface area contributed by atoms with Gasteiger partial charge in [-0.25, -0.2) is 4.39 Å². The SMILES string of the molecule is Cc1c(F)cccc1NCC(O)COCC(C)C. The highest BCUT2D eigenvalue weighted by atomic mass is 19.1. The molecular formula is C14H22FNO2. The number of benzene rings is 1. The topological polar surface area (TPSA) is 41.5 Å². The van der Waals surface area contributed by atoms with Crippen molar-refractivity contribution in [3.63, 3.8) is 0 Å². The molecule has 1 aromatic rings. The Bertz CT molecular complexity index is 369. The van der Waals surface area contributed by atoms with E-state index in [0.717, 1.165) is 0 Å². The van der Waals surface area contributed by atoms with Gasteiger partial charge in [0.2, 0.25) is 0 Å². The number of ether oxygens (including phenoxy) is 1. The van der Waals surface area contributed by atoms with Gasteiger partial charge in [0.05, 0.1) is 12.7 Å². The van der Waals surface area contributed by atoms with Crippen molar-refractivity contribution in [2.75, 3.05) is 25.1 Å². The number of halogens is 1. The van der Waals surface area contributed by atoms with Crippen LogP contribution in [0.25, 0.3) is 0 Å². The molecule has 1 unspecified atom stereocenters. The Morgan fingerprint density at radius 2 is 2.06 bits per heavy atom. The van der Waals surface area contributed by atoms with Crippen molar-refractivity contribution >= 4 is 5.69 Å². The number of anilines is 1. The molecule has 0 heterocycles. The van der Waals surface area contributed by atoms with Crippen LogP contribution in [0.4, 0.5) is 10.1 Å². The molecule has 4 heteroatoms. The molecule has 0 aliphatic carbocycles. The maximum absolute atomic E-state index is 13.3. The third kappa shape index (κ3) is 5.02. The molecule has 0 aromatic heterocycles. The lowest BCUT2D eigenvalue weighted by Gasteiger charge is -2.15. The van der Waals surface area contributed by atoms with Crippen molar-refractivity contribution in [1.82, 2.24) is 0 Å². The van der Waals surface area contributed by atoms with Gasteiger partial charge in [0, 0.05) is 24.4 Å². The Morgan fingerprint density at radius 3 is 2.72 bits per heavy atom. The molecule has 0 saturated heterocycles. The Balaban J connectivity index is 2.33. The second-order valence-corrected chi connectivity index (χ2v) is 4.88. The van der Waals surface area contributed by atoms with Gasteiger partial charge in [0.25, 0.3) is 0 Å². The zero-order valence-corrected chi connectivity index (χ0v) is 11.2. The fourth-order valence-electron chi connectivity index (χ4n) is 1.53. The van der Waals surface area contributed by atoms with Crippen molar-refractivity contribution in [2.24, 2.45) is 5.92 Å². The normalized spacial score (nSPS) is 12.8. The van der Waals surface area contributed by atoms with Gasteiger partial charge in [-0.3, -0.25) is 0 Å². The molecule has 0 aliphatic heterocycles. The average molecular weight is 255 g/mol. The quantitative estimate of drug-likeness (QED) is 0.787. The highest BCUT2D eigenvalue weighted by Crippen LogP contribution is 2.17. The summed E-state index contributed by atoms with van der Waals surface area (Å²) in [6.45, 7) is 7.10. The number of aliphatic hydroxyl groups is 1. The summed E-state index contributed by atoms with van der Waals surface area (Å²) < 4.78 is 18.6. The molecule has 2 N–H and O–H groups in total. The summed E-state index contributed by atoms with van der Waals surface area (Å²) in [5.74, 6) is 0.209. The van der Waals surface area contributed by atoms with Crippen LogP contribution in [0.2, 0.25) is 0 Å². The van der Waals surface area contributed by atoms with Crippen LogP contribution in [0.5, 0.6) is 0 Å². The van der Waals surface area contributed by atoms with Crippen molar-refractivity contribution in [2.45, 2.75) is 26.9 Å². The van der Waals surface area contributed by atoms with E-state index < -0.39 is 6.10 Å². The first-order valence-corrected chi connectivity index (χ1v) is 6.25. The van der Waals surface area contributed by atoms with Gasteiger partial charge in [-0.05, 0) is 25.0 Å². The lowest BCUT2D eigenvalue weighted by atomic mass is 10.2. The van der Waals surface area contributed by atoms with E-state index in [1.807, 2.05) is 0 Å². The first-order chi connectivity index (χ1) is 8.50. The van der Waals surface area contributed by atoms with Gasteiger partial charge >= 0.3 is 0 Å². The summed E-state index contributed by atoms with van der Waals surface area (Å²) in [7, 11) is 0. The summed E-state index contributed by atoms with van der Waals surface area (Å²) in [5, 5.41) is 12.7. The molecule has 1 rings (SSSR count). The first-order valence-electron chi connectivity index (χ1n) is 6.25. The molecule has 3 nitrogen and oxygen atoms in total. The number of rotatable bonds is 7. The van der Waals surface area contributed by atoms with Gasteiger partial charge in [0.15, 0.2) is 0 Å². The van der Waals surface area contributed by atoms with Crippen LogP contribution in [-0.4, -0.2) is 31.0 Å². The van der Waals surface area contributed by atoms with Crippen molar-refractivity contribution < 1.29 is 14.2 Å².